The summed E-state index contributed by atoms with van der Waals surface area (Å²) in [6, 6.07) is 25.2. The first-order chi connectivity index (χ1) is 14.5. The maximum absolute atomic E-state index is 13.0. The van der Waals surface area contributed by atoms with Crippen LogP contribution in [0.25, 0.3) is 25.1 Å². The quantitative estimate of drug-likeness (QED) is 0.195. The summed E-state index contributed by atoms with van der Waals surface area (Å²) >= 11 is 0. The molecule has 0 spiro atoms. The normalized spacial score (nSPS) is 14.6. The third-order valence-electron chi connectivity index (χ3n) is 6.16. The maximum Gasteiger partial charge on any atom is 0.338 e. The topological polar surface area (TPSA) is 26.3 Å². The van der Waals surface area contributed by atoms with Gasteiger partial charge in [0.1, 0.15) is 5.60 Å². The third kappa shape index (κ3) is 3.23. The van der Waals surface area contributed by atoms with E-state index in [0.29, 0.717) is 11.5 Å². The van der Waals surface area contributed by atoms with Crippen LogP contribution in [0.2, 0.25) is 0 Å². The highest BCUT2D eigenvalue weighted by Gasteiger charge is 2.34. The molecular weight excluding hydrogens is 388 g/mol. The van der Waals surface area contributed by atoms with Gasteiger partial charge in [0, 0.05) is 33.2 Å². The highest BCUT2D eigenvalue weighted by atomic mass is 32.2. The average molecular weight is 414 g/mol. The second-order valence-corrected chi connectivity index (χ2v) is 10.4. The lowest BCUT2D eigenvalue weighted by Crippen LogP contribution is -2.35. The largest absolute Gasteiger partial charge is 0.456 e. The number of allylic oxidation sites excluding steroid dienone is 2. The fourth-order valence-corrected chi connectivity index (χ4v) is 6.85. The first kappa shape index (κ1) is 19.1. The molecule has 0 bridgehead atoms. The van der Waals surface area contributed by atoms with E-state index in [1.54, 1.807) is 0 Å². The zero-order valence-electron chi connectivity index (χ0n) is 17.3. The summed E-state index contributed by atoms with van der Waals surface area (Å²) in [7, 11) is -0.210. The molecule has 1 aliphatic carbocycles. The average Bonchev–Trinajstić information content (AvgIpc) is 3.41. The number of ether oxygens (including phenoxy) is 1. The number of fused-ring (bicyclic) bond motifs is 3. The number of carbonyl (C=O) groups excluding carboxylic acids is 1. The Morgan fingerprint density at radius 1 is 0.867 bits per heavy atom. The second kappa shape index (κ2) is 7.41. The molecule has 0 fully saturated rings. The second-order valence-electron chi connectivity index (χ2n) is 8.46. The van der Waals surface area contributed by atoms with Crippen molar-refractivity contribution in [3.63, 3.8) is 0 Å². The van der Waals surface area contributed by atoms with Crippen molar-refractivity contribution in [2.45, 2.75) is 32.3 Å². The van der Waals surface area contributed by atoms with Gasteiger partial charge in [-0.3, -0.25) is 0 Å². The Labute approximate surface area is 179 Å². The summed E-state index contributed by atoms with van der Waals surface area (Å²) in [4.78, 5) is 14.2. The highest BCUT2D eigenvalue weighted by molar-refractivity contribution is 7.50. The molecule has 1 heterocycles. The zero-order valence-corrected chi connectivity index (χ0v) is 18.1. The van der Waals surface area contributed by atoms with Gasteiger partial charge in [-0.05, 0) is 63.1 Å². The molecule has 4 aromatic rings. The van der Waals surface area contributed by atoms with E-state index in [1.807, 2.05) is 32.0 Å². The summed E-state index contributed by atoms with van der Waals surface area (Å²) in [6.45, 7) is 4.05. The molecule has 0 N–H and O–H groups in total. The molecule has 0 radical (unpaired) electrons. The summed E-state index contributed by atoms with van der Waals surface area (Å²) < 4.78 is 8.63. The van der Waals surface area contributed by atoms with Crippen molar-refractivity contribution in [3.8, 4) is 4.90 Å². The van der Waals surface area contributed by atoms with E-state index >= 15 is 0 Å². The predicted octanol–water partition coefficient (Wildman–Crippen LogP) is 7.63. The van der Waals surface area contributed by atoms with E-state index in [2.05, 4.69) is 66.7 Å². The Morgan fingerprint density at radius 2 is 1.47 bits per heavy atom. The van der Waals surface area contributed by atoms with Gasteiger partial charge >= 0.3 is 5.97 Å². The first-order valence-electron chi connectivity index (χ1n) is 10.5. The van der Waals surface area contributed by atoms with E-state index in [1.165, 1.54) is 20.2 Å². The van der Waals surface area contributed by atoms with Gasteiger partial charge in [0.05, 0.1) is 5.56 Å². The van der Waals surface area contributed by atoms with Crippen LogP contribution in [0, 0.1) is 5.92 Å². The van der Waals surface area contributed by atoms with Crippen LogP contribution in [0.1, 0.15) is 37.0 Å². The van der Waals surface area contributed by atoms with E-state index in [4.69, 9.17) is 4.74 Å². The minimum Gasteiger partial charge on any atom is -0.456 e. The number of rotatable bonds is 4. The molecule has 2 nitrogen and oxygen atoms in total. The van der Waals surface area contributed by atoms with Crippen molar-refractivity contribution in [1.29, 1.82) is 0 Å². The van der Waals surface area contributed by atoms with Crippen molar-refractivity contribution < 1.29 is 9.53 Å². The number of benzene rings is 3. The number of hydrogen-bond acceptors (Lipinski definition) is 2. The van der Waals surface area contributed by atoms with Gasteiger partial charge in [-0.2, -0.15) is 0 Å². The zero-order chi connectivity index (χ0) is 20.7. The Bertz CT molecular complexity index is 1220. The van der Waals surface area contributed by atoms with Gasteiger partial charge in [0.2, 0.25) is 0 Å². The number of carbonyl (C=O) groups is 1. The molecule has 0 unspecified atom stereocenters. The van der Waals surface area contributed by atoms with Crippen LogP contribution in [-0.2, 0) is 4.74 Å². The minimum atomic E-state index is -0.481. The van der Waals surface area contributed by atoms with Gasteiger partial charge in [0.25, 0.3) is 0 Å². The Kier molecular flexibility index (Phi) is 4.71. The Balaban J connectivity index is 1.55. The monoisotopic (exact) mass is 413 g/mol. The highest BCUT2D eigenvalue weighted by Crippen LogP contribution is 2.48. The molecule has 3 aromatic carbocycles. The molecule has 150 valence electrons. The lowest BCUT2D eigenvalue weighted by Gasteiger charge is -2.31. The Hall–Kier alpha value is -2.91. The number of thiophene rings is 1. The molecule has 0 amide bonds. The third-order valence-corrected chi connectivity index (χ3v) is 8.47. The van der Waals surface area contributed by atoms with Crippen molar-refractivity contribution >= 4 is 36.6 Å². The Morgan fingerprint density at radius 3 is 2.10 bits per heavy atom. The molecule has 30 heavy (non-hydrogen) atoms. The molecule has 0 saturated heterocycles. The molecule has 0 saturated carbocycles. The summed E-state index contributed by atoms with van der Waals surface area (Å²) in [5, 5.41) is 2.58. The number of esters is 1. The standard InChI is InChI=1S/C27H25O2S/c1-27(2,20-11-3-4-12-20)29-26(28)19-10-9-13-21(18-19)30-24-16-7-5-14-22(24)23-15-6-8-17-25(23)30/h3-10,13-18,20H,11-12H2,1-2H3/q+1. The van der Waals surface area contributed by atoms with Crippen LogP contribution in [0.3, 0.4) is 0 Å². The van der Waals surface area contributed by atoms with Crippen LogP contribution in [-0.4, -0.2) is 11.6 Å². The van der Waals surface area contributed by atoms with Crippen molar-refractivity contribution in [2.75, 3.05) is 0 Å². The van der Waals surface area contributed by atoms with Crippen LogP contribution >= 0.6 is 10.5 Å². The van der Waals surface area contributed by atoms with Crippen LogP contribution in [0.4, 0.5) is 0 Å². The van der Waals surface area contributed by atoms with E-state index < -0.39 is 5.60 Å². The molecular formula is C27H25O2S+. The van der Waals surface area contributed by atoms with Crippen LogP contribution in [0.15, 0.2) is 84.9 Å². The molecule has 1 aliphatic rings. The van der Waals surface area contributed by atoms with E-state index in [-0.39, 0.29) is 16.4 Å². The molecule has 3 heteroatoms. The van der Waals surface area contributed by atoms with Gasteiger partial charge in [0.15, 0.2) is 14.3 Å². The van der Waals surface area contributed by atoms with Gasteiger partial charge in [-0.15, -0.1) is 0 Å². The fraction of sp³-hybridized carbons (Fsp3) is 0.222. The minimum absolute atomic E-state index is 0.210. The van der Waals surface area contributed by atoms with Crippen LogP contribution in [0.5, 0.6) is 0 Å². The smallest absolute Gasteiger partial charge is 0.338 e. The lowest BCUT2D eigenvalue weighted by atomic mass is 9.88. The molecule has 0 aliphatic heterocycles. The molecule has 0 atom stereocenters. The SMILES string of the molecule is CC(C)(OC(=O)c1cccc(-[s+]2c3ccccc3c3ccccc32)c1)C1CC=CC1. The van der Waals surface area contributed by atoms with Gasteiger partial charge < -0.3 is 4.74 Å². The van der Waals surface area contributed by atoms with E-state index in [0.717, 1.165) is 17.7 Å². The summed E-state index contributed by atoms with van der Waals surface area (Å²) in [5.74, 6) is 0.109. The lowest BCUT2D eigenvalue weighted by molar-refractivity contribution is -0.0273. The summed E-state index contributed by atoms with van der Waals surface area (Å²) in [6.07, 6.45) is 6.29. The van der Waals surface area contributed by atoms with Crippen molar-refractivity contribution in [2.24, 2.45) is 5.92 Å². The number of hydrogen-bond donors (Lipinski definition) is 0. The van der Waals surface area contributed by atoms with Gasteiger partial charge in [-0.25, -0.2) is 4.79 Å². The van der Waals surface area contributed by atoms with Crippen molar-refractivity contribution in [3.05, 3.63) is 90.5 Å². The van der Waals surface area contributed by atoms with Crippen molar-refractivity contribution in [1.82, 2.24) is 0 Å². The summed E-state index contributed by atoms with van der Waals surface area (Å²) in [5.41, 5.74) is 0.145. The maximum atomic E-state index is 13.0. The fourth-order valence-electron chi connectivity index (χ4n) is 4.42. The molecule has 5 rings (SSSR count). The van der Waals surface area contributed by atoms with Crippen LogP contribution < -0.4 is 0 Å². The predicted molar refractivity (Wildman–Crippen MR) is 127 cm³/mol. The van der Waals surface area contributed by atoms with Gasteiger partial charge in [-0.1, -0.05) is 42.5 Å². The first-order valence-corrected chi connectivity index (χ1v) is 11.7. The molecule has 1 aromatic heterocycles. The van der Waals surface area contributed by atoms with E-state index in [9.17, 15) is 4.79 Å².